The van der Waals surface area contributed by atoms with Crippen molar-refractivity contribution < 1.29 is 23.8 Å². The molecule has 1 fully saturated rings. The first-order valence-electron chi connectivity index (χ1n) is 7.22. The molecule has 1 aromatic carbocycles. The monoisotopic (exact) mass is 323 g/mol. The quantitative estimate of drug-likeness (QED) is 0.738. The predicted octanol–water partition coefficient (Wildman–Crippen LogP) is 0.0995. The molecule has 1 saturated heterocycles. The molecule has 23 heavy (non-hydrogen) atoms. The second-order valence-electron chi connectivity index (χ2n) is 4.99. The Morgan fingerprint density at radius 1 is 1.39 bits per heavy atom. The molecule has 1 aliphatic rings. The number of benzene rings is 1. The lowest BCUT2D eigenvalue weighted by molar-refractivity contribution is -0.124. The van der Waals surface area contributed by atoms with E-state index in [0.717, 1.165) is 5.56 Å². The molecule has 1 atom stereocenters. The number of carbonyl (C=O) groups is 2. The molecule has 8 heteroatoms. The summed E-state index contributed by atoms with van der Waals surface area (Å²) in [7, 11) is 3.09. The fourth-order valence-electron chi connectivity index (χ4n) is 2.33. The van der Waals surface area contributed by atoms with Gasteiger partial charge in [0.05, 0.1) is 20.8 Å². The zero-order chi connectivity index (χ0) is 16.8. The Bertz CT molecular complexity index is 578. The lowest BCUT2D eigenvalue weighted by Crippen LogP contribution is -2.46. The molecule has 2 amide bonds. The van der Waals surface area contributed by atoms with Crippen molar-refractivity contribution in [2.75, 3.05) is 33.9 Å². The minimum Gasteiger partial charge on any atom is -0.493 e. The second kappa shape index (κ2) is 7.68. The van der Waals surface area contributed by atoms with Crippen LogP contribution in [0.1, 0.15) is 5.56 Å². The van der Waals surface area contributed by atoms with Gasteiger partial charge in [0.1, 0.15) is 12.6 Å². The second-order valence-corrected chi connectivity index (χ2v) is 4.99. The maximum atomic E-state index is 12.1. The third-order valence-corrected chi connectivity index (χ3v) is 3.52. The lowest BCUT2D eigenvalue weighted by Gasteiger charge is -2.21. The summed E-state index contributed by atoms with van der Waals surface area (Å²) in [4.78, 5) is 25.4. The van der Waals surface area contributed by atoms with E-state index in [2.05, 4.69) is 5.32 Å². The molecule has 2 rings (SSSR count). The standard InChI is InChI=1S/C15H21N3O5/c1-21-12-4-3-10(7-13(12)22-2)8-18-11(9-23-15(18)20)14(19)17-6-5-16/h3-4,7,11H,5-6,8-9,16H2,1-2H3,(H,17,19)/t11-/m0/s1. The first-order chi connectivity index (χ1) is 11.1. The lowest BCUT2D eigenvalue weighted by atomic mass is 10.1. The Hall–Kier alpha value is -2.48. The van der Waals surface area contributed by atoms with Crippen LogP contribution in [0.5, 0.6) is 11.5 Å². The highest BCUT2D eigenvalue weighted by atomic mass is 16.6. The molecule has 0 spiro atoms. The SMILES string of the molecule is COc1ccc(CN2C(=O)OC[C@H]2C(=O)NCCN)cc1OC. The Morgan fingerprint density at radius 2 is 2.13 bits per heavy atom. The Morgan fingerprint density at radius 3 is 2.78 bits per heavy atom. The van der Waals surface area contributed by atoms with Crippen LogP contribution in [-0.4, -0.2) is 56.9 Å². The molecular weight excluding hydrogens is 302 g/mol. The number of nitrogens with one attached hydrogen (secondary N) is 1. The van der Waals surface area contributed by atoms with Crippen molar-refractivity contribution in [2.45, 2.75) is 12.6 Å². The molecule has 8 nitrogen and oxygen atoms in total. The van der Waals surface area contributed by atoms with Gasteiger partial charge in [-0.1, -0.05) is 6.07 Å². The van der Waals surface area contributed by atoms with Crippen LogP contribution in [0.4, 0.5) is 4.79 Å². The van der Waals surface area contributed by atoms with Crippen LogP contribution in [0.25, 0.3) is 0 Å². The van der Waals surface area contributed by atoms with Crippen molar-refractivity contribution in [3.63, 3.8) is 0 Å². The number of ether oxygens (including phenoxy) is 3. The fourth-order valence-corrected chi connectivity index (χ4v) is 2.33. The molecular formula is C15H21N3O5. The third kappa shape index (κ3) is 3.84. The first kappa shape index (κ1) is 16.9. The van der Waals surface area contributed by atoms with Crippen LogP contribution in [-0.2, 0) is 16.1 Å². The van der Waals surface area contributed by atoms with Gasteiger partial charge in [-0.15, -0.1) is 0 Å². The van der Waals surface area contributed by atoms with Crippen LogP contribution in [0, 0.1) is 0 Å². The summed E-state index contributed by atoms with van der Waals surface area (Å²) in [5, 5.41) is 2.67. The van der Waals surface area contributed by atoms with E-state index in [0.29, 0.717) is 24.6 Å². The van der Waals surface area contributed by atoms with Crippen molar-refractivity contribution in [2.24, 2.45) is 5.73 Å². The number of cyclic esters (lactones) is 1. The minimum atomic E-state index is -0.665. The van der Waals surface area contributed by atoms with E-state index in [1.165, 1.54) is 12.0 Å². The van der Waals surface area contributed by atoms with Crippen LogP contribution in [0.2, 0.25) is 0 Å². The van der Waals surface area contributed by atoms with Crippen LogP contribution in [0.3, 0.4) is 0 Å². The van der Waals surface area contributed by atoms with Gasteiger partial charge in [-0.25, -0.2) is 4.79 Å². The van der Waals surface area contributed by atoms with Crippen molar-refractivity contribution in [3.05, 3.63) is 23.8 Å². The summed E-state index contributed by atoms with van der Waals surface area (Å²) in [5.74, 6) is 0.876. The van der Waals surface area contributed by atoms with Crippen molar-refractivity contribution >= 4 is 12.0 Å². The van der Waals surface area contributed by atoms with E-state index in [9.17, 15) is 9.59 Å². The number of hydrogen-bond donors (Lipinski definition) is 2. The molecule has 1 aliphatic heterocycles. The molecule has 0 aromatic heterocycles. The van der Waals surface area contributed by atoms with Gasteiger partial charge in [0, 0.05) is 13.1 Å². The fraction of sp³-hybridized carbons (Fsp3) is 0.467. The summed E-state index contributed by atoms with van der Waals surface area (Å²) >= 11 is 0. The molecule has 0 radical (unpaired) electrons. The maximum Gasteiger partial charge on any atom is 0.410 e. The largest absolute Gasteiger partial charge is 0.493 e. The van der Waals surface area contributed by atoms with Gasteiger partial charge in [-0.3, -0.25) is 9.69 Å². The number of hydrogen-bond acceptors (Lipinski definition) is 6. The predicted molar refractivity (Wildman–Crippen MR) is 82.3 cm³/mol. The van der Waals surface area contributed by atoms with Gasteiger partial charge in [0.2, 0.25) is 5.91 Å². The van der Waals surface area contributed by atoms with Crippen molar-refractivity contribution in [3.8, 4) is 11.5 Å². The zero-order valence-corrected chi connectivity index (χ0v) is 13.2. The summed E-state index contributed by atoms with van der Waals surface area (Å²) in [5.41, 5.74) is 6.17. The van der Waals surface area contributed by atoms with Gasteiger partial charge in [-0.05, 0) is 17.7 Å². The number of nitrogens with zero attached hydrogens (tertiary/aromatic N) is 1. The molecule has 0 unspecified atom stereocenters. The molecule has 1 aromatic rings. The summed E-state index contributed by atoms with van der Waals surface area (Å²) in [6.07, 6.45) is -0.521. The van der Waals surface area contributed by atoms with E-state index >= 15 is 0 Å². The van der Waals surface area contributed by atoms with E-state index in [-0.39, 0.29) is 19.1 Å². The zero-order valence-electron chi connectivity index (χ0n) is 13.2. The third-order valence-electron chi connectivity index (χ3n) is 3.52. The first-order valence-corrected chi connectivity index (χ1v) is 7.22. The number of methoxy groups -OCH3 is 2. The average molecular weight is 323 g/mol. The minimum absolute atomic E-state index is 0.0303. The maximum absolute atomic E-state index is 12.1. The van der Waals surface area contributed by atoms with Crippen LogP contribution < -0.4 is 20.5 Å². The number of carbonyl (C=O) groups excluding carboxylic acids is 2. The van der Waals surface area contributed by atoms with Crippen molar-refractivity contribution in [1.29, 1.82) is 0 Å². The van der Waals surface area contributed by atoms with Gasteiger partial charge in [0.25, 0.3) is 0 Å². The van der Waals surface area contributed by atoms with E-state index < -0.39 is 12.1 Å². The number of rotatable bonds is 7. The molecule has 0 saturated carbocycles. The molecule has 0 aliphatic carbocycles. The van der Waals surface area contributed by atoms with E-state index in [1.807, 2.05) is 6.07 Å². The molecule has 0 bridgehead atoms. The Labute approximate surface area is 134 Å². The number of amides is 2. The summed E-state index contributed by atoms with van der Waals surface area (Å²) < 4.78 is 15.4. The highest BCUT2D eigenvalue weighted by Gasteiger charge is 2.37. The van der Waals surface area contributed by atoms with Crippen LogP contribution >= 0.6 is 0 Å². The van der Waals surface area contributed by atoms with Gasteiger partial charge < -0.3 is 25.3 Å². The summed E-state index contributed by atoms with van der Waals surface area (Å²) in [6.45, 7) is 0.957. The normalized spacial score (nSPS) is 16.9. The number of nitrogens with two attached hydrogens (primary N) is 1. The molecule has 1 heterocycles. The van der Waals surface area contributed by atoms with Crippen LogP contribution in [0.15, 0.2) is 18.2 Å². The smallest absolute Gasteiger partial charge is 0.410 e. The Balaban J connectivity index is 2.13. The molecule has 3 N–H and O–H groups in total. The highest BCUT2D eigenvalue weighted by Crippen LogP contribution is 2.29. The molecule has 126 valence electrons. The average Bonchev–Trinajstić information content (AvgIpc) is 2.93. The topological polar surface area (TPSA) is 103 Å². The van der Waals surface area contributed by atoms with Gasteiger partial charge in [0.15, 0.2) is 11.5 Å². The Kier molecular flexibility index (Phi) is 5.64. The van der Waals surface area contributed by atoms with E-state index in [1.54, 1.807) is 19.2 Å². The van der Waals surface area contributed by atoms with E-state index in [4.69, 9.17) is 19.9 Å². The van der Waals surface area contributed by atoms with Gasteiger partial charge in [-0.2, -0.15) is 0 Å². The van der Waals surface area contributed by atoms with Gasteiger partial charge >= 0.3 is 6.09 Å². The summed E-state index contributed by atoms with van der Waals surface area (Å²) in [6, 6.07) is 4.65. The highest BCUT2D eigenvalue weighted by molar-refractivity contribution is 5.87. The van der Waals surface area contributed by atoms with Crippen molar-refractivity contribution in [1.82, 2.24) is 10.2 Å².